The summed E-state index contributed by atoms with van der Waals surface area (Å²) in [6.07, 6.45) is 3.60. The number of carbonyl (C=O) groups excluding carboxylic acids is 2. The highest BCUT2D eigenvalue weighted by atomic mass is 79.9. The van der Waals surface area contributed by atoms with Gasteiger partial charge < -0.3 is 5.73 Å². The van der Waals surface area contributed by atoms with Crippen molar-refractivity contribution in [3.63, 3.8) is 0 Å². The van der Waals surface area contributed by atoms with Gasteiger partial charge in [-0.1, -0.05) is 41.0 Å². The molecule has 21 heavy (non-hydrogen) atoms. The highest BCUT2D eigenvalue weighted by Crippen LogP contribution is 2.41. The van der Waals surface area contributed by atoms with Crippen molar-refractivity contribution in [3.8, 4) is 0 Å². The quantitative estimate of drug-likeness (QED) is 0.645. The third kappa shape index (κ3) is 2.40. The van der Waals surface area contributed by atoms with Crippen LogP contribution in [-0.2, 0) is 9.59 Å². The van der Waals surface area contributed by atoms with Crippen LogP contribution in [0.25, 0.3) is 0 Å². The van der Waals surface area contributed by atoms with Crippen molar-refractivity contribution in [2.75, 3.05) is 4.90 Å². The van der Waals surface area contributed by atoms with E-state index >= 15 is 0 Å². The number of hydrogen-bond donors (Lipinski definition) is 1. The van der Waals surface area contributed by atoms with E-state index in [2.05, 4.69) is 15.9 Å². The number of rotatable bonds is 2. The molecule has 0 spiro atoms. The van der Waals surface area contributed by atoms with Gasteiger partial charge in [0.2, 0.25) is 11.8 Å². The zero-order valence-electron chi connectivity index (χ0n) is 11.3. The average Bonchev–Trinajstić information content (AvgIpc) is 2.71. The highest BCUT2D eigenvalue weighted by Gasteiger charge is 2.49. The minimum Gasteiger partial charge on any atom is -0.389 e. The fraction of sp³-hybridized carbons (Fsp3) is 0.400. The number of fused-ring (bicyclic) bond motifs is 1. The largest absolute Gasteiger partial charge is 0.389 e. The van der Waals surface area contributed by atoms with Gasteiger partial charge in [0.15, 0.2) is 0 Å². The number of imide groups is 1. The van der Waals surface area contributed by atoms with Crippen molar-refractivity contribution in [1.29, 1.82) is 0 Å². The fourth-order valence-electron chi connectivity index (χ4n) is 3.30. The van der Waals surface area contributed by atoms with Gasteiger partial charge in [-0.3, -0.25) is 9.59 Å². The van der Waals surface area contributed by atoms with Crippen LogP contribution in [-0.4, -0.2) is 16.8 Å². The molecule has 1 aliphatic heterocycles. The van der Waals surface area contributed by atoms with Crippen molar-refractivity contribution in [2.24, 2.45) is 17.6 Å². The SMILES string of the molecule is NC(=S)c1ccc(Br)cc1N1C(=O)C2CCCCC2C1=O. The third-order valence-corrected chi connectivity index (χ3v) is 5.02. The molecule has 1 saturated heterocycles. The van der Waals surface area contributed by atoms with Crippen LogP contribution in [0, 0.1) is 11.8 Å². The fourth-order valence-corrected chi connectivity index (χ4v) is 3.82. The number of nitrogens with two attached hydrogens (primary N) is 1. The minimum absolute atomic E-state index is 0.111. The summed E-state index contributed by atoms with van der Waals surface area (Å²) in [6.45, 7) is 0. The number of benzene rings is 1. The van der Waals surface area contributed by atoms with Gasteiger partial charge in [-0.05, 0) is 31.0 Å². The first-order valence-corrected chi connectivity index (χ1v) is 8.18. The number of nitrogens with zero attached hydrogens (tertiary/aromatic N) is 1. The molecule has 4 nitrogen and oxygen atoms in total. The van der Waals surface area contributed by atoms with Crippen LogP contribution in [0.15, 0.2) is 22.7 Å². The molecular weight excluding hydrogens is 352 g/mol. The molecule has 6 heteroatoms. The van der Waals surface area contributed by atoms with Gasteiger partial charge in [-0.15, -0.1) is 0 Å². The Hall–Kier alpha value is -1.27. The highest BCUT2D eigenvalue weighted by molar-refractivity contribution is 9.10. The van der Waals surface area contributed by atoms with E-state index in [0.29, 0.717) is 11.3 Å². The number of hydrogen-bond acceptors (Lipinski definition) is 3. The lowest BCUT2D eigenvalue weighted by atomic mass is 9.81. The Bertz CT molecular complexity index is 623. The molecule has 2 fully saturated rings. The van der Waals surface area contributed by atoms with E-state index in [4.69, 9.17) is 18.0 Å². The third-order valence-electron chi connectivity index (χ3n) is 4.31. The van der Waals surface area contributed by atoms with Crippen molar-refractivity contribution >= 4 is 50.6 Å². The molecule has 2 N–H and O–H groups in total. The summed E-state index contributed by atoms with van der Waals surface area (Å²) < 4.78 is 0.785. The summed E-state index contributed by atoms with van der Waals surface area (Å²) in [7, 11) is 0. The molecule has 1 aromatic rings. The second-order valence-electron chi connectivity index (χ2n) is 5.54. The Kier molecular flexibility index (Phi) is 3.84. The number of anilines is 1. The summed E-state index contributed by atoms with van der Waals surface area (Å²) in [6, 6.07) is 5.28. The van der Waals surface area contributed by atoms with E-state index in [1.165, 1.54) is 4.90 Å². The molecule has 1 saturated carbocycles. The Labute approximate surface area is 136 Å². The maximum absolute atomic E-state index is 12.6. The number of halogens is 1. The monoisotopic (exact) mass is 366 g/mol. The lowest BCUT2D eigenvalue weighted by molar-refractivity contribution is -0.122. The molecular formula is C15H15BrN2O2S. The summed E-state index contributed by atoms with van der Waals surface area (Å²) in [5, 5.41) is 0. The normalized spacial score (nSPS) is 25.1. The number of amides is 2. The molecule has 0 aromatic heterocycles. The molecule has 0 radical (unpaired) electrons. The van der Waals surface area contributed by atoms with E-state index in [1.54, 1.807) is 18.2 Å². The van der Waals surface area contributed by atoms with Gasteiger partial charge in [0.05, 0.1) is 17.5 Å². The maximum atomic E-state index is 12.6. The van der Waals surface area contributed by atoms with Gasteiger partial charge in [0.25, 0.3) is 0 Å². The van der Waals surface area contributed by atoms with E-state index in [0.717, 1.165) is 30.2 Å². The Balaban J connectivity index is 2.08. The van der Waals surface area contributed by atoms with Crippen LogP contribution in [0.4, 0.5) is 5.69 Å². The molecule has 2 aliphatic rings. The summed E-state index contributed by atoms with van der Waals surface area (Å²) in [5.74, 6) is -0.575. The van der Waals surface area contributed by atoms with Crippen molar-refractivity contribution in [3.05, 3.63) is 28.2 Å². The summed E-state index contributed by atoms with van der Waals surface area (Å²) >= 11 is 8.42. The lowest BCUT2D eigenvalue weighted by Gasteiger charge is -2.19. The van der Waals surface area contributed by atoms with Gasteiger partial charge in [0, 0.05) is 10.0 Å². The van der Waals surface area contributed by atoms with Crippen LogP contribution in [0.1, 0.15) is 31.2 Å². The van der Waals surface area contributed by atoms with Crippen molar-refractivity contribution in [2.45, 2.75) is 25.7 Å². The number of thiocarbonyl (C=S) groups is 1. The van der Waals surface area contributed by atoms with Crippen LogP contribution in [0.2, 0.25) is 0 Å². The molecule has 1 heterocycles. The van der Waals surface area contributed by atoms with Crippen LogP contribution >= 0.6 is 28.1 Å². The number of carbonyl (C=O) groups is 2. The molecule has 2 amide bonds. The van der Waals surface area contributed by atoms with E-state index < -0.39 is 0 Å². The van der Waals surface area contributed by atoms with Gasteiger partial charge in [-0.2, -0.15) is 0 Å². The molecule has 0 bridgehead atoms. The first-order valence-electron chi connectivity index (χ1n) is 6.98. The summed E-state index contributed by atoms with van der Waals surface area (Å²) in [5.41, 5.74) is 6.80. The second-order valence-corrected chi connectivity index (χ2v) is 6.89. The Morgan fingerprint density at radius 3 is 2.29 bits per heavy atom. The molecule has 1 aliphatic carbocycles. The zero-order valence-corrected chi connectivity index (χ0v) is 13.7. The minimum atomic E-state index is -0.176. The molecule has 110 valence electrons. The van der Waals surface area contributed by atoms with Crippen molar-refractivity contribution < 1.29 is 9.59 Å². The topological polar surface area (TPSA) is 63.4 Å². The Morgan fingerprint density at radius 1 is 1.19 bits per heavy atom. The Morgan fingerprint density at radius 2 is 1.76 bits per heavy atom. The van der Waals surface area contributed by atoms with E-state index in [-0.39, 0.29) is 28.6 Å². The molecule has 3 rings (SSSR count). The van der Waals surface area contributed by atoms with Crippen LogP contribution < -0.4 is 10.6 Å². The first-order chi connectivity index (χ1) is 10.0. The molecule has 2 unspecified atom stereocenters. The van der Waals surface area contributed by atoms with Gasteiger partial charge in [0.1, 0.15) is 4.99 Å². The zero-order chi connectivity index (χ0) is 15.1. The summed E-state index contributed by atoms with van der Waals surface area (Å²) in [4.78, 5) is 26.8. The van der Waals surface area contributed by atoms with E-state index in [9.17, 15) is 9.59 Å². The van der Waals surface area contributed by atoms with Crippen LogP contribution in [0.5, 0.6) is 0 Å². The van der Waals surface area contributed by atoms with E-state index in [1.807, 2.05) is 0 Å². The predicted molar refractivity (Wildman–Crippen MR) is 88.0 cm³/mol. The average molecular weight is 367 g/mol. The van der Waals surface area contributed by atoms with Gasteiger partial charge in [-0.25, -0.2) is 4.90 Å². The first kappa shape index (κ1) is 14.7. The maximum Gasteiger partial charge on any atom is 0.237 e. The smallest absolute Gasteiger partial charge is 0.237 e. The predicted octanol–water partition coefficient (Wildman–Crippen LogP) is 2.76. The lowest BCUT2D eigenvalue weighted by Crippen LogP contribution is -2.33. The van der Waals surface area contributed by atoms with Gasteiger partial charge >= 0.3 is 0 Å². The molecule has 1 aromatic carbocycles. The molecule has 2 atom stereocenters. The second kappa shape index (κ2) is 5.50. The standard InChI is InChI=1S/C15H15BrN2O2S/c16-8-5-6-11(13(17)21)12(7-8)18-14(19)9-3-1-2-4-10(9)15(18)20/h5-7,9-10H,1-4H2,(H2,17,21). The van der Waals surface area contributed by atoms with Crippen molar-refractivity contribution in [1.82, 2.24) is 0 Å². The van der Waals surface area contributed by atoms with Crippen LogP contribution in [0.3, 0.4) is 0 Å².